The van der Waals surface area contributed by atoms with Crippen molar-refractivity contribution in [3.05, 3.63) is 0 Å². The number of hydrogen-bond acceptors (Lipinski definition) is 3. The van der Waals surface area contributed by atoms with Crippen molar-refractivity contribution in [1.29, 1.82) is 0 Å². The van der Waals surface area contributed by atoms with Crippen LogP contribution < -0.4 is 10.0 Å². The summed E-state index contributed by atoms with van der Waals surface area (Å²) in [6.07, 6.45) is 4.17. The van der Waals surface area contributed by atoms with Crippen molar-refractivity contribution >= 4 is 10.0 Å². The average molecular weight is 248 g/mol. The molecule has 0 amide bonds. The summed E-state index contributed by atoms with van der Waals surface area (Å²) < 4.78 is 27.0. The highest BCUT2D eigenvalue weighted by Crippen LogP contribution is 2.29. The summed E-state index contributed by atoms with van der Waals surface area (Å²) in [5, 5.41) is 2.70. The fraction of sp³-hybridized carbons (Fsp3) is 1.00. The highest BCUT2D eigenvalue weighted by atomic mass is 32.2. The molecule has 1 aliphatic carbocycles. The van der Waals surface area contributed by atoms with Crippen molar-refractivity contribution < 1.29 is 8.42 Å². The summed E-state index contributed by atoms with van der Waals surface area (Å²) in [4.78, 5) is 0. The minimum atomic E-state index is -3.19. The minimum absolute atomic E-state index is 0.209. The van der Waals surface area contributed by atoms with Gasteiger partial charge in [-0.15, -0.1) is 0 Å². The summed E-state index contributed by atoms with van der Waals surface area (Å²) in [5.41, 5.74) is -0.209. The van der Waals surface area contributed by atoms with E-state index in [-0.39, 0.29) is 10.8 Å². The Hall–Kier alpha value is -0.130. The average Bonchev–Trinajstić information content (AvgIpc) is 2.59. The van der Waals surface area contributed by atoms with Crippen LogP contribution in [-0.2, 0) is 10.0 Å². The summed E-state index contributed by atoms with van der Waals surface area (Å²) in [5.74, 6) is 0. The van der Waals surface area contributed by atoms with Gasteiger partial charge in [0.05, 0.1) is 5.25 Å². The first kappa shape index (κ1) is 13.9. The lowest BCUT2D eigenvalue weighted by atomic mass is 10.0. The maximum Gasteiger partial charge on any atom is 0.215 e. The maximum atomic E-state index is 12.0. The fourth-order valence-electron chi connectivity index (χ4n) is 2.16. The van der Waals surface area contributed by atoms with Crippen LogP contribution in [0.15, 0.2) is 0 Å². The van der Waals surface area contributed by atoms with Gasteiger partial charge in [-0.05, 0) is 33.2 Å². The lowest BCUT2D eigenvalue weighted by molar-refractivity contribution is 0.423. The van der Waals surface area contributed by atoms with E-state index in [1.165, 1.54) is 0 Å². The van der Waals surface area contributed by atoms with E-state index in [1.54, 1.807) is 6.92 Å². The van der Waals surface area contributed by atoms with E-state index in [0.717, 1.165) is 32.2 Å². The Kier molecular flexibility index (Phi) is 4.76. The first-order chi connectivity index (χ1) is 7.40. The zero-order valence-corrected chi connectivity index (χ0v) is 11.4. The second-order valence-electron chi connectivity index (χ2n) is 5.03. The Morgan fingerprint density at radius 3 is 2.38 bits per heavy atom. The molecule has 96 valence electrons. The molecule has 1 fully saturated rings. The summed E-state index contributed by atoms with van der Waals surface area (Å²) in [6.45, 7) is 7.06. The van der Waals surface area contributed by atoms with Gasteiger partial charge in [-0.2, -0.15) is 0 Å². The highest BCUT2D eigenvalue weighted by Gasteiger charge is 2.34. The van der Waals surface area contributed by atoms with Gasteiger partial charge in [-0.1, -0.05) is 19.8 Å². The highest BCUT2D eigenvalue weighted by molar-refractivity contribution is 7.90. The van der Waals surface area contributed by atoms with Crippen LogP contribution in [0.1, 0.15) is 46.5 Å². The molecule has 0 saturated heterocycles. The first-order valence-corrected chi connectivity index (χ1v) is 7.68. The van der Waals surface area contributed by atoms with Crippen LogP contribution in [-0.4, -0.2) is 32.3 Å². The van der Waals surface area contributed by atoms with Crippen LogP contribution in [0.3, 0.4) is 0 Å². The lowest BCUT2D eigenvalue weighted by Crippen LogP contribution is -2.49. The molecular formula is C11H24N2O2S. The normalized spacial score (nSPS) is 22.2. The molecule has 1 unspecified atom stereocenters. The molecule has 0 aliphatic heterocycles. The quantitative estimate of drug-likeness (QED) is 0.743. The van der Waals surface area contributed by atoms with Gasteiger partial charge in [-0.25, -0.2) is 13.1 Å². The Morgan fingerprint density at radius 2 is 1.88 bits per heavy atom. The third-order valence-electron chi connectivity index (χ3n) is 3.31. The van der Waals surface area contributed by atoms with Crippen LogP contribution in [0, 0.1) is 0 Å². The third-order valence-corrected chi connectivity index (χ3v) is 5.31. The van der Waals surface area contributed by atoms with E-state index in [0.29, 0.717) is 6.54 Å². The SMILES string of the molecule is CCNCC(C)S(=O)(=O)NC1(C)CCCC1. The zero-order valence-electron chi connectivity index (χ0n) is 10.5. The van der Waals surface area contributed by atoms with Gasteiger partial charge >= 0.3 is 0 Å². The van der Waals surface area contributed by atoms with Gasteiger partial charge in [0.15, 0.2) is 0 Å². The zero-order chi connectivity index (χ0) is 12.2. The molecule has 0 spiro atoms. The summed E-state index contributed by atoms with van der Waals surface area (Å²) in [6, 6.07) is 0. The largest absolute Gasteiger partial charge is 0.316 e. The topological polar surface area (TPSA) is 58.2 Å². The second kappa shape index (κ2) is 5.47. The van der Waals surface area contributed by atoms with E-state index in [1.807, 2.05) is 13.8 Å². The maximum absolute atomic E-state index is 12.0. The molecular weight excluding hydrogens is 224 g/mol. The van der Waals surface area contributed by atoms with Gasteiger partial charge in [0.25, 0.3) is 0 Å². The molecule has 1 atom stereocenters. The van der Waals surface area contributed by atoms with Crippen molar-refractivity contribution in [2.75, 3.05) is 13.1 Å². The van der Waals surface area contributed by atoms with E-state index in [2.05, 4.69) is 10.0 Å². The molecule has 1 saturated carbocycles. The van der Waals surface area contributed by atoms with Gasteiger partial charge in [-0.3, -0.25) is 0 Å². The Morgan fingerprint density at radius 1 is 1.31 bits per heavy atom. The number of hydrogen-bond donors (Lipinski definition) is 2. The molecule has 0 radical (unpaired) electrons. The van der Waals surface area contributed by atoms with Gasteiger partial charge in [0.1, 0.15) is 0 Å². The van der Waals surface area contributed by atoms with Crippen molar-refractivity contribution in [3.8, 4) is 0 Å². The van der Waals surface area contributed by atoms with Gasteiger partial charge in [0.2, 0.25) is 10.0 Å². The van der Waals surface area contributed by atoms with Crippen molar-refractivity contribution in [2.45, 2.75) is 57.2 Å². The van der Waals surface area contributed by atoms with Crippen LogP contribution in [0.25, 0.3) is 0 Å². The minimum Gasteiger partial charge on any atom is -0.316 e. The van der Waals surface area contributed by atoms with Crippen molar-refractivity contribution in [3.63, 3.8) is 0 Å². The monoisotopic (exact) mass is 248 g/mol. The molecule has 0 aromatic rings. The number of rotatable bonds is 6. The third kappa shape index (κ3) is 3.71. The van der Waals surface area contributed by atoms with Crippen molar-refractivity contribution in [2.24, 2.45) is 0 Å². The standard InChI is InChI=1S/C11H24N2O2S/c1-4-12-9-10(2)16(14,15)13-11(3)7-5-6-8-11/h10,12-13H,4-9H2,1-3H3. The van der Waals surface area contributed by atoms with Crippen LogP contribution in [0.5, 0.6) is 0 Å². The molecule has 0 aromatic carbocycles. The Labute approximate surface area is 99.2 Å². The number of nitrogens with one attached hydrogen (secondary N) is 2. The molecule has 5 heteroatoms. The fourth-order valence-corrected chi connectivity index (χ4v) is 3.59. The van der Waals surface area contributed by atoms with Crippen LogP contribution >= 0.6 is 0 Å². The van der Waals surface area contributed by atoms with Gasteiger partial charge in [0, 0.05) is 12.1 Å². The van der Waals surface area contributed by atoms with E-state index < -0.39 is 10.0 Å². The van der Waals surface area contributed by atoms with Crippen LogP contribution in [0.4, 0.5) is 0 Å². The molecule has 4 nitrogen and oxygen atoms in total. The molecule has 2 N–H and O–H groups in total. The van der Waals surface area contributed by atoms with Gasteiger partial charge < -0.3 is 5.32 Å². The molecule has 0 heterocycles. The Bertz CT molecular complexity index is 308. The number of sulfonamides is 1. The van der Waals surface area contributed by atoms with Crippen LogP contribution in [0.2, 0.25) is 0 Å². The second-order valence-corrected chi connectivity index (χ2v) is 7.13. The predicted octanol–water partition coefficient (Wildman–Crippen LogP) is 1.24. The molecule has 1 aliphatic rings. The Balaban J connectivity index is 2.56. The van der Waals surface area contributed by atoms with Crippen molar-refractivity contribution in [1.82, 2.24) is 10.0 Å². The summed E-state index contributed by atoms with van der Waals surface area (Å²) in [7, 11) is -3.19. The lowest BCUT2D eigenvalue weighted by Gasteiger charge is -2.27. The molecule has 0 bridgehead atoms. The smallest absolute Gasteiger partial charge is 0.215 e. The molecule has 0 aromatic heterocycles. The van der Waals surface area contributed by atoms with E-state index in [4.69, 9.17) is 0 Å². The molecule has 16 heavy (non-hydrogen) atoms. The van der Waals surface area contributed by atoms with E-state index >= 15 is 0 Å². The first-order valence-electron chi connectivity index (χ1n) is 6.13. The summed E-state index contributed by atoms with van der Waals surface area (Å²) >= 11 is 0. The molecule has 1 rings (SSSR count). The predicted molar refractivity (Wildman–Crippen MR) is 66.9 cm³/mol. The van der Waals surface area contributed by atoms with E-state index in [9.17, 15) is 8.42 Å².